The van der Waals surface area contributed by atoms with E-state index in [1.165, 1.54) is 0 Å². The van der Waals surface area contributed by atoms with E-state index in [1.54, 1.807) is 12.1 Å². The van der Waals surface area contributed by atoms with Gasteiger partial charge in [0.15, 0.2) is 0 Å². The van der Waals surface area contributed by atoms with Gasteiger partial charge in [0.2, 0.25) is 0 Å². The van der Waals surface area contributed by atoms with Gasteiger partial charge in [0, 0.05) is 18.7 Å². The molecule has 1 fully saturated rings. The number of β-amino-alcohol motifs (C(OH)–C–C–N with tert-alkyl or cyclic N) is 1. The zero-order valence-electron chi connectivity index (χ0n) is 8.90. The second kappa shape index (κ2) is 4.85. The molecule has 86 valence electrons. The quantitative estimate of drug-likeness (QED) is 0.804. The summed E-state index contributed by atoms with van der Waals surface area (Å²) in [7, 11) is 0. The van der Waals surface area contributed by atoms with Crippen molar-refractivity contribution in [3.63, 3.8) is 0 Å². The third-order valence-electron chi connectivity index (χ3n) is 2.85. The molecule has 0 saturated carbocycles. The smallest absolute Gasteiger partial charge is 0.150 e. The first-order valence-electron chi connectivity index (χ1n) is 5.38. The lowest BCUT2D eigenvalue weighted by molar-refractivity contribution is 0.112. The first-order valence-corrected chi connectivity index (χ1v) is 5.76. The molecular weight excluding hydrogens is 226 g/mol. The van der Waals surface area contributed by atoms with Gasteiger partial charge in [0.1, 0.15) is 6.29 Å². The Morgan fingerprint density at radius 1 is 1.50 bits per heavy atom. The number of hydrogen-bond acceptors (Lipinski definition) is 3. The number of hydrogen-bond donors (Lipinski definition) is 1. The number of rotatable bonds is 2. The lowest BCUT2D eigenvalue weighted by atomic mass is 10.1. The standard InChI is InChI=1S/C12H14ClNO2/c13-11-6-9(8-15)3-4-12(11)14-5-1-2-10(16)7-14/h3-4,6,8,10,16H,1-2,5,7H2. The Morgan fingerprint density at radius 3 is 2.94 bits per heavy atom. The molecule has 1 aromatic carbocycles. The van der Waals surface area contributed by atoms with E-state index in [0.717, 1.165) is 31.4 Å². The fourth-order valence-electron chi connectivity index (χ4n) is 2.03. The Balaban J connectivity index is 2.22. The van der Waals surface area contributed by atoms with Crippen molar-refractivity contribution < 1.29 is 9.90 Å². The summed E-state index contributed by atoms with van der Waals surface area (Å²) in [4.78, 5) is 12.6. The third kappa shape index (κ3) is 2.36. The van der Waals surface area contributed by atoms with Crippen LogP contribution in [0.15, 0.2) is 18.2 Å². The first kappa shape index (κ1) is 11.4. The van der Waals surface area contributed by atoms with Crippen molar-refractivity contribution in [1.29, 1.82) is 0 Å². The summed E-state index contributed by atoms with van der Waals surface area (Å²) >= 11 is 6.11. The number of aliphatic hydroxyl groups is 1. The molecule has 1 aromatic rings. The summed E-state index contributed by atoms with van der Waals surface area (Å²) in [5, 5.41) is 10.2. The van der Waals surface area contributed by atoms with E-state index in [1.807, 2.05) is 6.07 Å². The van der Waals surface area contributed by atoms with E-state index in [2.05, 4.69) is 4.90 Å². The van der Waals surface area contributed by atoms with Gasteiger partial charge in [-0.05, 0) is 31.0 Å². The lowest BCUT2D eigenvalue weighted by Gasteiger charge is -2.32. The number of nitrogens with zero attached hydrogens (tertiary/aromatic N) is 1. The normalized spacial score (nSPS) is 20.9. The second-order valence-corrected chi connectivity index (χ2v) is 4.48. The van der Waals surface area contributed by atoms with Crippen LogP contribution in [0.3, 0.4) is 0 Å². The number of anilines is 1. The van der Waals surface area contributed by atoms with Gasteiger partial charge in [0.25, 0.3) is 0 Å². The maximum Gasteiger partial charge on any atom is 0.150 e. The van der Waals surface area contributed by atoms with E-state index >= 15 is 0 Å². The van der Waals surface area contributed by atoms with Crippen molar-refractivity contribution in [2.24, 2.45) is 0 Å². The van der Waals surface area contributed by atoms with Crippen molar-refractivity contribution in [3.8, 4) is 0 Å². The molecule has 0 aromatic heterocycles. The molecule has 1 saturated heterocycles. The number of benzene rings is 1. The Labute approximate surface area is 99.6 Å². The predicted molar refractivity (Wildman–Crippen MR) is 64.3 cm³/mol. The highest BCUT2D eigenvalue weighted by Gasteiger charge is 2.19. The maximum atomic E-state index is 10.6. The summed E-state index contributed by atoms with van der Waals surface area (Å²) in [5.74, 6) is 0. The zero-order chi connectivity index (χ0) is 11.5. The topological polar surface area (TPSA) is 40.5 Å². The molecule has 0 radical (unpaired) electrons. The highest BCUT2D eigenvalue weighted by molar-refractivity contribution is 6.33. The maximum absolute atomic E-state index is 10.6. The number of piperidine rings is 1. The molecule has 16 heavy (non-hydrogen) atoms. The summed E-state index contributed by atoms with van der Waals surface area (Å²) < 4.78 is 0. The van der Waals surface area contributed by atoms with Crippen LogP contribution in [0.5, 0.6) is 0 Å². The Hall–Kier alpha value is -1.06. The number of carbonyl (C=O) groups excluding carboxylic acids is 1. The Bertz CT molecular complexity index is 395. The van der Waals surface area contributed by atoms with Crippen molar-refractivity contribution in [1.82, 2.24) is 0 Å². The Morgan fingerprint density at radius 2 is 2.31 bits per heavy atom. The van der Waals surface area contributed by atoms with Crippen LogP contribution in [0.2, 0.25) is 5.02 Å². The van der Waals surface area contributed by atoms with Gasteiger partial charge in [-0.15, -0.1) is 0 Å². The second-order valence-electron chi connectivity index (χ2n) is 4.07. The fraction of sp³-hybridized carbons (Fsp3) is 0.417. The van der Waals surface area contributed by atoms with Crippen molar-refractivity contribution >= 4 is 23.6 Å². The van der Waals surface area contributed by atoms with E-state index in [-0.39, 0.29) is 6.10 Å². The summed E-state index contributed by atoms with van der Waals surface area (Å²) in [6.45, 7) is 1.51. The fourth-order valence-corrected chi connectivity index (χ4v) is 2.33. The molecular formula is C12H14ClNO2. The highest BCUT2D eigenvalue weighted by atomic mass is 35.5. The molecule has 1 aliphatic rings. The molecule has 0 spiro atoms. The van der Waals surface area contributed by atoms with Crippen LogP contribution in [-0.2, 0) is 0 Å². The molecule has 1 unspecified atom stereocenters. The van der Waals surface area contributed by atoms with Crippen LogP contribution in [0, 0.1) is 0 Å². The molecule has 1 aliphatic heterocycles. The van der Waals surface area contributed by atoms with Gasteiger partial charge >= 0.3 is 0 Å². The monoisotopic (exact) mass is 239 g/mol. The van der Waals surface area contributed by atoms with Crippen molar-refractivity contribution in [2.45, 2.75) is 18.9 Å². The van der Waals surface area contributed by atoms with Crippen LogP contribution >= 0.6 is 11.6 Å². The molecule has 1 atom stereocenters. The van der Waals surface area contributed by atoms with Crippen molar-refractivity contribution in [3.05, 3.63) is 28.8 Å². The van der Waals surface area contributed by atoms with Gasteiger partial charge < -0.3 is 10.0 Å². The van der Waals surface area contributed by atoms with Crippen LogP contribution < -0.4 is 4.90 Å². The van der Waals surface area contributed by atoms with Gasteiger partial charge in [-0.2, -0.15) is 0 Å². The first-order chi connectivity index (χ1) is 7.70. The lowest BCUT2D eigenvalue weighted by Crippen LogP contribution is -2.38. The highest BCUT2D eigenvalue weighted by Crippen LogP contribution is 2.28. The molecule has 4 heteroatoms. The molecule has 0 bridgehead atoms. The predicted octanol–water partition coefficient (Wildman–Crippen LogP) is 2.11. The number of halogens is 1. The molecule has 0 amide bonds. The van der Waals surface area contributed by atoms with Gasteiger partial charge in [-0.1, -0.05) is 11.6 Å². The van der Waals surface area contributed by atoms with Crippen LogP contribution in [0.1, 0.15) is 23.2 Å². The minimum absolute atomic E-state index is 0.282. The van der Waals surface area contributed by atoms with E-state index in [9.17, 15) is 9.90 Å². The van der Waals surface area contributed by atoms with E-state index in [4.69, 9.17) is 11.6 Å². The van der Waals surface area contributed by atoms with Gasteiger partial charge in [0.05, 0.1) is 16.8 Å². The summed E-state index contributed by atoms with van der Waals surface area (Å²) in [5.41, 5.74) is 1.47. The van der Waals surface area contributed by atoms with Gasteiger partial charge in [-0.25, -0.2) is 0 Å². The SMILES string of the molecule is O=Cc1ccc(N2CCCC(O)C2)c(Cl)c1. The minimum atomic E-state index is -0.282. The summed E-state index contributed by atoms with van der Waals surface area (Å²) in [6.07, 6.45) is 2.31. The molecule has 2 rings (SSSR count). The molecule has 3 nitrogen and oxygen atoms in total. The summed E-state index contributed by atoms with van der Waals surface area (Å²) in [6, 6.07) is 5.24. The number of carbonyl (C=O) groups is 1. The molecule has 0 aliphatic carbocycles. The third-order valence-corrected chi connectivity index (χ3v) is 3.15. The van der Waals surface area contributed by atoms with Crippen molar-refractivity contribution in [2.75, 3.05) is 18.0 Å². The number of aldehydes is 1. The number of aliphatic hydroxyl groups excluding tert-OH is 1. The van der Waals surface area contributed by atoms with E-state index in [0.29, 0.717) is 17.1 Å². The zero-order valence-corrected chi connectivity index (χ0v) is 9.65. The molecule has 1 N–H and O–H groups in total. The average molecular weight is 240 g/mol. The Kier molecular flexibility index (Phi) is 3.46. The molecule has 1 heterocycles. The van der Waals surface area contributed by atoms with Crippen LogP contribution in [0.25, 0.3) is 0 Å². The largest absolute Gasteiger partial charge is 0.391 e. The minimum Gasteiger partial charge on any atom is -0.391 e. The van der Waals surface area contributed by atoms with Crippen LogP contribution in [0.4, 0.5) is 5.69 Å². The van der Waals surface area contributed by atoms with E-state index < -0.39 is 0 Å². The average Bonchev–Trinajstić information content (AvgIpc) is 2.28. The van der Waals surface area contributed by atoms with Gasteiger partial charge in [-0.3, -0.25) is 4.79 Å². The van der Waals surface area contributed by atoms with Crippen LogP contribution in [-0.4, -0.2) is 30.6 Å².